The molecule has 1 atom stereocenters. The molecule has 3 nitrogen and oxygen atoms in total. The van der Waals surface area contributed by atoms with Gasteiger partial charge in [0.05, 0.1) is 0 Å². The molecule has 0 aliphatic carbocycles. The molecular formula is C8H14O3. The maximum Gasteiger partial charge on any atom is 0.306 e. The molecule has 0 aromatic carbocycles. The molecule has 0 aromatic heterocycles. The fourth-order valence-corrected chi connectivity index (χ4v) is 0.634. The molecule has 0 bridgehead atoms. The zero-order chi connectivity index (χ0) is 8.85. The molecule has 0 spiro atoms. The molecule has 0 amide bonds. The van der Waals surface area contributed by atoms with Crippen LogP contribution in [-0.4, -0.2) is 17.9 Å². The SMILES string of the molecule is CCC(=O)OC(C)C(=O)CC. The van der Waals surface area contributed by atoms with Crippen molar-refractivity contribution < 1.29 is 14.3 Å². The summed E-state index contributed by atoms with van der Waals surface area (Å²) < 4.78 is 4.76. The van der Waals surface area contributed by atoms with Crippen LogP contribution >= 0.6 is 0 Å². The van der Waals surface area contributed by atoms with Gasteiger partial charge in [-0.25, -0.2) is 0 Å². The van der Waals surface area contributed by atoms with Crippen molar-refractivity contribution in [3.63, 3.8) is 0 Å². The number of esters is 1. The number of rotatable bonds is 4. The second-order valence-corrected chi connectivity index (χ2v) is 2.31. The Kier molecular flexibility index (Phi) is 4.50. The Bertz CT molecular complexity index is 151. The number of carbonyl (C=O) groups excluding carboxylic acids is 2. The lowest BCUT2D eigenvalue weighted by Crippen LogP contribution is -2.22. The van der Waals surface area contributed by atoms with Gasteiger partial charge in [0.1, 0.15) is 0 Å². The Balaban J connectivity index is 3.77. The lowest BCUT2D eigenvalue weighted by Gasteiger charge is -2.09. The van der Waals surface area contributed by atoms with E-state index in [1.807, 2.05) is 0 Å². The lowest BCUT2D eigenvalue weighted by atomic mass is 10.2. The third-order valence-corrected chi connectivity index (χ3v) is 1.40. The summed E-state index contributed by atoms with van der Waals surface area (Å²) in [4.78, 5) is 21.6. The molecule has 0 rings (SSSR count). The van der Waals surface area contributed by atoms with Crippen LogP contribution in [-0.2, 0) is 14.3 Å². The third kappa shape index (κ3) is 3.75. The quantitative estimate of drug-likeness (QED) is 0.579. The van der Waals surface area contributed by atoms with Gasteiger partial charge in [0, 0.05) is 12.8 Å². The highest BCUT2D eigenvalue weighted by Crippen LogP contribution is 1.98. The molecule has 0 aliphatic rings. The molecule has 0 radical (unpaired) electrons. The van der Waals surface area contributed by atoms with E-state index in [-0.39, 0.29) is 11.8 Å². The smallest absolute Gasteiger partial charge is 0.306 e. The van der Waals surface area contributed by atoms with Crippen molar-refractivity contribution in [2.24, 2.45) is 0 Å². The van der Waals surface area contributed by atoms with Gasteiger partial charge in [-0.1, -0.05) is 13.8 Å². The number of hydrogen-bond acceptors (Lipinski definition) is 3. The van der Waals surface area contributed by atoms with E-state index in [1.165, 1.54) is 0 Å². The number of hydrogen-bond donors (Lipinski definition) is 0. The molecule has 0 aromatic rings. The second kappa shape index (κ2) is 4.88. The summed E-state index contributed by atoms with van der Waals surface area (Å²) in [5, 5.41) is 0. The molecule has 11 heavy (non-hydrogen) atoms. The first-order valence-corrected chi connectivity index (χ1v) is 3.84. The molecule has 0 fully saturated rings. The summed E-state index contributed by atoms with van der Waals surface area (Å²) in [7, 11) is 0. The van der Waals surface area contributed by atoms with Crippen molar-refractivity contribution in [1.29, 1.82) is 0 Å². The summed E-state index contributed by atoms with van der Waals surface area (Å²) >= 11 is 0. The Hall–Kier alpha value is -0.860. The highest BCUT2D eigenvalue weighted by molar-refractivity contribution is 5.84. The molecular weight excluding hydrogens is 144 g/mol. The van der Waals surface area contributed by atoms with Crippen LogP contribution in [0.25, 0.3) is 0 Å². The minimum Gasteiger partial charge on any atom is -0.455 e. The molecule has 3 heteroatoms. The maximum atomic E-state index is 10.9. The van der Waals surface area contributed by atoms with E-state index in [4.69, 9.17) is 4.74 Å². The predicted molar refractivity (Wildman–Crippen MR) is 41.1 cm³/mol. The number of ether oxygens (including phenoxy) is 1. The van der Waals surface area contributed by atoms with Crippen LogP contribution in [0.1, 0.15) is 33.6 Å². The number of ketones is 1. The van der Waals surface area contributed by atoms with Crippen LogP contribution < -0.4 is 0 Å². The van der Waals surface area contributed by atoms with Gasteiger partial charge in [0.2, 0.25) is 0 Å². The highest BCUT2D eigenvalue weighted by atomic mass is 16.5. The monoisotopic (exact) mass is 158 g/mol. The maximum absolute atomic E-state index is 10.9. The Labute approximate surface area is 66.7 Å². The van der Waals surface area contributed by atoms with E-state index in [9.17, 15) is 9.59 Å². The largest absolute Gasteiger partial charge is 0.455 e. The lowest BCUT2D eigenvalue weighted by molar-refractivity contribution is -0.153. The van der Waals surface area contributed by atoms with E-state index in [1.54, 1.807) is 20.8 Å². The van der Waals surface area contributed by atoms with Gasteiger partial charge in [0.15, 0.2) is 11.9 Å². The van der Waals surface area contributed by atoms with Crippen LogP contribution in [0, 0.1) is 0 Å². The minimum absolute atomic E-state index is 0.0354. The summed E-state index contributed by atoms with van der Waals surface area (Å²) in [5.74, 6) is -0.355. The van der Waals surface area contributed by atoms with Crippen molar-refractivity contribution >= 4 is 11.8 Å². The molecule has 0 saturated heterocycles. The molecule has 0 aliphatic heterocycles. The van der Waals surface area contributed by atoms with Crippen LogP contribution in [0.2, 0.25) is 0 Å². The van der Waals surface area contributed by atoms with E-state index in [0.29, 0.717) is 12.8 Å². The van der Waals surface area contributed by atoms with Gasteiger partial charge >= 0.3 is 5.97 Å². The first-order valence-electron chi connectivity index (χ1n) is 3.84. The first-order chi connectivity index (χ1) is 5.11. The summed E-state index contributed by atoms with van der Waals surface area (Å²) in [6.45, 7) is 5.05. The topological polar surface area (TPSA) is 43.4 Å². The first kappa shape index (κ1) is 10.1. The Morgan fingerprint density at radius 2 is 1.82 bits per heavy atom. The average molecular weight is 158 g/mol. The van der Waals surface area contributed by atoms with Crippen LogP contribution in [0.5, 0.6) is 0 Å². The summed E-state index contributed by atoms with van der Waals surface area (Å²) in [6, 6.07) is 0. The van der Waals surface area contributed by atoms with Gasteiger partial charge in [-0.05, 0) is 6.92 Å². The van der Waals surface area contributed by atoms with E-state index < -0.39 is 6.10 Å². The van der Waals surface area contributed by atoms with Crippen LogP contribution in [0.3, 0.4) is 0 Å². The zero-order valence-electron chi connectivity index (χ0n) is 7.22. The average Bonchev–Trinajstić information content (AvgIpc) is 2.02. The van der Waals surface area contributed by atoms with Gasteiger partial charge in [0.25, 0.3) is 0 Å². The standard InChI is InChI=1S/C8H14O3/c1-4-7(9)6(3)11-8(10)5-2/h6H,4-5H2,1-3H3. The number of carbonyl (C=O) groups is 2. The third-order valence-electron chi connectivity index (χ3n) is 1.40. The van der Waals surface area contributed by atoms with E-state index in [0.717, 1.165) is 0 Å². The molecule has 0 heterocycles. The fraction of sp³-hybridized carbons (Fsp3) is 0.750. The van der Waals surface area contributed by atoms with Crippen LogP contribution in [0.15, 0.2) is 0 Å². The zero-order valence-corrected chi connectivity index (χ0v) is 7.22. The Morgan fingerprint density at radius 1 is 1.27 bits per heavy atom. The van der Waals surface area contributed by atoms with Crippen molar-refractivity contribution in [3.05, 3.63) is 0 Å². The van der Waals surface area contributed by atoms with Gasteiger partial charge in [-0.15, -0.1) is 0 Å². The molecule has 64 valence electrons. The second-order valence-electron chi connectivity index (χ2n) is 2.31. The van der Waals surface area contributed by atoms with Gasteiger partial charge in [-0.3, -0.25) is 9.59 Å². The van der Waals surface area contributed by atoms with Gasteiger partial charge < -0.3 is 4.74 Å². The van der Waals surface area contributed by atoms with E-state index >= 15 is 0 Å². The van der Waals surface area contributed by atoms with Crippen molar-refractivity contribution in [3.8, 4) is 0 Å². The molecule has 0 saturated carbocycles. The fourth-order valence-electron chi connectivity index (χ4n) is 0.634. The minimum atomic E-state index is -0.576. The predicted octanol–water partition coefficient (Wildman–Crippen LogP) is 1.31. The van der Waals surface area contributed by atoms with Crippen molar-refractivity contribution in [1.82, 2.24) is 0 Å². The van der Waals surface area contributed by atoms with Crippen molar-refractivity contribution in [2.75, 3.05) is 0 Å². The van der Waals surface area contributed by atoms with Gasteiger partial charge in [-0.2, -0.15) is 0 Å². The normalized spacial score (nSPS) is 12.3. The Morgan fingerprint density at radius 3 is 2.18 bits per heavy atom. The molecule has 0 N–H and O–H groups in total. The van der Waals surface area contributed by atoms with E-state index in [2.05, 4.69) is 0 Å². The number of Topliss-reactive ketones (excluding diaryl/α,β-unsaturated/α-hetero) is 1. The van der Waals surface area contributed by atoms with Crippen molar-refractivity contribution in [2.45, 2.75) is 39.7 Å². The summed E-state index contributed by atoms with van der Waals surface area (Å²) in [5.41, 5.74) is 0. The summed E-state index contributed by atoms with van der Waals surface area (Å²) in [6.07, 6.45) is 0.159. The molecule has 1 unspecified atom stereocenters. The highest BCUT2D eigenvalue weighted by Gasteiger charge is 2.13. The van der Waals surface area contributed by atoms with Crippen LogP contribution in [0.4, 0.5) is 0 Å².